The van der Waals surface area contributed by atoms with Crippen molar-refractivity contribution in [3.8, 4) is 5.75 Å². The fourth-order valence-electron chi connectivity index (χ4n) is 4.29. The van der Waals surface area contributed by atoms with Crippen LogP contribution in [0.3, 0.4) is 0 Å². The second-order valence-corrected chi connectivity index (χ2v) is 10.4. The van der Waals surface area contributed by atoms with Crippen LogP contribution in [0.2, 0.25) is 5.02 Å². The fraction of sp³-hybridized carbons (Fsp3) is 0.562. The van der Waals surface area contributed by atoms with Crippen molar-refractivity contribution in [3.63, 3.8) is 0 Å². The molecular formula is C32H47ClN2O2. The first-order valence-corrected chi connectivity index (χ1v) is 14.8. The molecule has 0 heterocycles. The Bertz CT molecular complexity index is 865. The molecule has 0 unspecified atom stereocenters. The molecule has 0 fully saturated rings. The van der Waals surface area contributed by atoms with Crippen molar-refractivity contribution in [2.24, 2.45) is 5.10 Å². The maximum absolute atomic E-state index is 12.0. The minimum atomic E-state index is -0.0196. The highest BCUT2D eigenvalue weighted by atomic mass is 35.5. The summed E-state index contributed by atoms with van der Waals surface area (Å²) in [6, 6.07) is 15.2. The van der Waals surface area contributed by atoms with E-state index in [0.717, 1.165) is 29.7 Å². The molecule has 0 aliphatic carbocycles. The van der Waals surface area contributed by atoms with Crippen molar-refractivity contribution in [3.05, 3.63) is 64.7 Å². The average molecular weight is 527 g/mol. The Kier molecular flexibility index (Phi) is 17.3. The molecule has 0 saturated heterocycles. The highest BCUT2D eigenvalue weighted by Crippen LogP contribution is 2.16. The highest BCUT2D eigenvalue weighted by Gasteiger charge is 2.01. The third-order valence-electron chi connectivity index (χ3n) is 6.61. The molecule has 1 amide bonds. The van der Waals surface area contributed by atoms with Gasteiger partial charge in [-0.2, -0.15) is 5.10 Å². The molecule has 0 bridgehead atoms. The molecular weight excluding hydrogens is 480 g/mol. The van der Waals surface area contributed by atoms with Gasteiger partial charge in [0.25, 0.3) is 0 Å². The number of hydrazone groups is 1. The first kappa shape index (κ1) is 30.9. The summed E-state index contributed by atoms with van der Waals surface area (Å²) in [6.45, 7) is 2.76. The van der Waals surface area contributed by atoms with E-state index in [2.05, 4.69) is 17.5 Å². The number of nitrogens with zero attached hydrogens (tertiary/aromatic N) is 1. The van der Waals surface area contributed by atoms with Gasteiger partial charge in [-0.3, -0.25) is 4.79 Å². The lowest BCUT2D eigenvalue weighted by atomic mass is 10.0. The normalized spacial score (nSPS) is 11.2. The molecule has 0 radical (unpaired) electrons. The van der Waals surface area contributed by atoms with Gasteiger partial charge in [-0.15, -0.1) is 0 Å². The maximum atomic E-state index is 12.0. The first-order chi connectivity index (χ1) is 18.2. The number of halogens is 1. The van der Waals surface area contributed by atoms with E-state index < -0.39 is 0 Å². The zero-order valence-electron chi connectivity index (χ0n) is 22.9. The van der Waals surface area contributed by atoms with E-state index in [9.17, 15) is 4.79 Å². The Morgan fingerprint density at radius 2 is 1.27 bits per heavy atom. The number of nitrogens with one attached hydrogen (secondary N) is 1. The molecule has 0 aliphatic heterocycles. The molecule has 2 aromatic rings. The summed E-state index contributed by atoms with van der Waals surface area (Å²) in [5.41, 5.74) is 4.61. The Hall–Kier alpha value is -2.33. The number of unbranched alkanes of at least 4 members (excludes halogenated alkanes) is 14. The van der Waals surface area contributed by atoms with Crippen LogP contribution in [-0.4, -0.2) is 12.1 Å². The fourth-order valence-corrected chi connectivity index (χ4v) is 4.41. The number of ether oxygens (including phenoxy) is 1. The van der Waals surface area contributed by atoms with Crippen molar-refractivity contribution in [1.82, 2.24) is 5.43 Å². The van der Waals surface area contributed by atoms with Gasteiger partial charge in [0.15, 0.2) is 0 Å². The van der Waals surface area contributed by atoms with Crippen molar-refractivity contribution >= 4 is 23.7 Å². The van der Waals surface area contributed by atoms with E-state index in [4.69, 9.17) is 16.3 Å². The van der Waals surface area contributed by atoms with E-state index >= 15 is 0 Å². The molecule has 204 valence electrons. The summed E-state index contributed by atoms with van der Waals surface area (Å²) < 4.78 is 5.79. The van der Waals surface area contributed by atoms with Crippen LogP contribution < -0.4 is 10.2 Å². The van der Waals surface area contributed by atoms with Crippen LogP contribution in [0.1, 0.15) is 121 Å². The number of carbonyl (C=O) groups excluding carboxylic acids is 1. The van der Waals surface area contributed by atoms with Crippen LogP contribution in [0.25, 0.3) is 0 Å². The standard InChI is InChI=1S/C32H47ClN2O2/c1-2-3-4-5-6-7-8-9-10-11-12-13-14-15-16-17-32(36)35-34-26-28-20-24-31(25-21-28)37-27-29-18-22-30(33)23-19-29/h18-26H,2-17,27H2,1H3,(H,35,36). The highest BCUT2D eigenvalue weighted by molar-refractivity contribution is 6.30. The minimum absolute atomic E-state index is 0.0196. The summed E-state index contributed by atoms with van der Waals surface area (Å²) in [5, 5.41) is 4.80. The molecule has 2 rings (SSSR count). The Labute approximate surface area is 230 Å². The van der Waals surface area contributed by atoms with E-state index in [0.29, 0.717) is 18.1 Å². The van der Waals surface area contributed by atoms with Gasteiger partial charge in [-0.05, 0) is 53.9 Å². The van der Waals surface area contributed by atoms with E-state index in [-0.39, 0.29) is 5.91 Å². The second-order valence-electron chi connectivity index (χ2n) is 9.98. The van der Waals surface area contributed by atoms with Crippen LogP contribution in [0.15, 0.2) is 53.6 Å². The number of hydrogen-bond acceptors (Lipinski definition) is 3. The molecule has 0 spiro atoms. The molecule has 37 heavy (non-hydrogen) atoms. The lowest BCUT2D eigenvalue weighted by Gasteiger charge is -2.06. The third-order valence-corrected chi connectivity index (χ3v) is 6.86. The predicted octanol–water partition coefficient (Wildman–Crippen LogP) is 9.63. The summed E-state index contributed by atoms with van der Waals surface area (Å²) in [4.78, 5) is 12.0. The van der Waals surface area contributed by atoms with Gasteiger partial charge in [-0.25, -0.2) is 5.43 Å². The molecule has 2 aromatic carbocycles. The molecule has 4 nitrogen and oxygen atoms in total. The van der Waals surface area contributed by atoms with Crippen molar-refractivity contribution in [1.29, 1.82) is 0 Å². The molecule has 0 atom stereocenters. The van der Waals surface area contributed by atoms with Gasteiger partial charge in [0.2, 0.25) is 5.91 Å². The number of amides is 1. The summed E-state index contributed by atoms with van der Waals surface area (Å²) in [6.07, 6.45) is 22.1. The molecule has 1 N–H and O–H groups in total. The zero-order valence-corrected chi connectivity index (χ0v) is 23.6. The van der Waals surface area contributed by atoms with Crippen LogP contribution in [-0.2, 0) is 11.4 Å². The van der Waals surface area contributed by atoms with E-state index in [1.54, 1.807) is 6.21 Å². The van der Waals surface area contributed by atoms with Crippen molar-refractivity contribution in [2.75, 3.05) is 0 Å². The van der Waals surface area contributed by atoms with Gasteiger partial charge in [0, 0.05) is 11.4 Å². The van der Waals surface area contributed by atoms with Crippen LogP contribution >= 0.6 is 11.6 Å². The first-order valence-electron chi connectivity index (χ1n) is 14.5. The topological polar surface area (TPSA) is 50.7 Å². The zero-order chi connectivity index (χ0) is 26.4. The summed E-state index contributed by atoms with van der Waals surface area (Å²) in [5.74, 6) is 0.762. The van der Waals surface area contributed by atoms with Gasteiger partial charge in [0.05, 0.1) is 6.21 Å². The number of benzene rings is 2. The van der Waals surface area contributed by atoms with Crippen LogP contribution in [0.5, 0.6) is 5.75 Å². The quantitative estimate of drug-likeness (QED) is 0.0999. The average Bonchev–Trinajstić information content (AvgIpc) is 2.91. The van der Waals surface area contributed by atoms with Crippen LogP contribution in [0.4, 0.5) is 0 Å². The minimum Gasteiger partial charge on any atom is -0.489 e. The Morgan fingerprint density at radius 3 is 1.81 bits per heavy atom. The monoisotopic (exact) mass is 526 g/mol. The molecule has 5 heteroatoms. The number of rotatable bonds is 21. The SMILES string of the molecule is CCCCCCCCCCCCCCCCCC(=O)NN=Cc1ccc(OCc2ccc(Cl)cc2)cc1. The summed E-state index contributed by atoms with van der Waals surface area (Å²) >= 11 is 5.91. The van der Waals surface area contributed by atoms with Gasteiger partial charge >= 0.3 is 0 Å². The van der Waals surface area contributed by atoms with E-state index in [1.807, 2.05) is 48.5 Å². The Balaban J connectivity index is 1.42. The molecule has 0 saturated carbocycles. The largest absolute Gasteiger partial charge is 0.489 e. The van der Waals surface area contributed by atoms with E-state index in [1.165, 1.54) is 83.5 Å². The predicted molar refractivity (Wildman–Crippen MR) is 158 cm³/mol. The molecule has 0 aromatic heterocycles. The van der Waals surface area contributed by atoms with Crippen LogP contribution in [0, 0.1) is 0 Å². The van der Waals surface area contributed by atoms with Gasteiger partial charge in [0.1, 0.15) is 12.4 Å². The lowest BCUT2D eigenvalue weighted by molar-refractivity contribution is -0.121. The lowest BCUT2D eigenvalue weighted by Crippen LogP contribution is -2.16. The number of hydrogen-bond donors (Lipinski definition) is 1. The van der Waals surface area contributed by atoms with Crippen molar-refractivity contribution in [2.45, 2.75) is 116 Å². The smallest absolute Gasteiger partial charge is 0.240 e. The summed E-state index contributed by atoms with van der Waals surface area (Å²) in [7, 11) is 0. The maximum Gasteiger partial charge on any atom is 0.240 e. The second kappa shape index (κ2) is 20.7. The number of carbonyl (C=O) groups is 1. The van der Waals surface area contributed by atoms with Gasteiger partial charge < -0.3 is 4.74 Å². The van der Waals surface area contributed by atoms with Crippen molar-refractivity contribution < 1.29 is 9.53 Å². The third kappa shape index (κ3) is 16.2. The Morgan fingerprint density at radius 1 is 0.757 bits per heavy atom. The molecule has 0 aliphatic rings. The van der Waals surface area contributed by atoms with Gasteiger partial charge in [-0.1, -0.05) is 121 Å².